The quantitative estimate of drug-likeness (QED) is 0.682. The highest BCUT2D eigenvalue weighted by atomic mass is 32.2. The van der Waals surface area contributed by atoms with Crippen molar-refractivity contribution < 1.29 is 4.63 Å². The van der Waals surface area contributed by atoms with Gasteiger partial charge >= 0.3 is 5.69 Å². The SMILES string of the molecule is CCn1c(Sc2ccc(N)c3nonc23)n[nH]c1=O. The summed E-state index contributed by atoms with van der Waals surface area (Å²) >= 11 is 1.30. The molecule has 2 heterocycles. The molecule has 98 valence electrons. The third-order valence-corrected chi connectivity index (χ3v) is 3.69. The van der Waals surface area contributed by atoms with Gasteiger partial charge in [0.2, 0.25) is 0 Å². The van der Waals surface area contributed by atoms with Gasteiger partial charge in [0.15, 0.2) is 16.2 Å². The van der Waals surface area contributed by atoms with E-state index in [2.05, 4.69) is 20.5 Å². The largest absolute Gasteiger partial charge is 0.397 e. The fourth-order valence-corrected chi connectivity index (χ4v) is 2.68. The minimum atomic E-state index is -0.241. The maximum atomic E-state index is 11.5. The van der Waals surface area contributed by atoms with E-state index < -0.39 is 0 Å². The van der Waals surface area contributed by atoms with Gasteiger partial charge in [0.05, 0.1) is 5.69 Å². The monoisotopic (exact) mass is 278 g/mol. The molecule has 2 aromatic heterocycles. The summed E-state index contributed by atoms with van der Waals surface area (Å²) in [5, 5.41) is 14.5. The molecular weight excluding hydrogens is 268 g/mol. The molecule has 0 radical (unpaired) electrons. The van der Waals surface area contributed by atoms with E-state index in [1.54, 1.807) is 12.1 Å². The highest BCUT2D eigenvalue weighted by Gasteiger charge is 2.14. The minimum absolute atomic E-state index is 0.241. The molecule has 0 aliphatic heterocycles. The second kappa shape index (κ2) is 4.43. The Hall–Kier alpha value is -2.29. The first kappa shape index (κ1) is 11.8. The Morgan fingerprint density at radius 1 is 1.42 bits per heavy atom. The molecule has 0 spiro atoms. The molecule has 9 heteroatoms. The predicted octanol–water partition coefficient (Wildman–Crippen LogP) is 0.861. The van der Waals surface area contributed by atoms with Crippen LogP contribution in [0.15, 0.2) is 31.6 Å². The van der Waals surface area contributed by atoms with Crippen molar-refractivity contribution in [1.29, 1.82) is 0 Å². The zero-order valence-corrected chi connectivity index (χ0v) is 10.8. The molecule has 0 fully saturated rings. The van der Waals surface area contributed by atoms with Gasteiger partial charge in [-0.3, -0.25) is 4.57 Å². The van der Waals surface area contributed by atoms with Gasteiger partial charge in [0, 0.05) is 11.4 Å². The number of H-pyrrole nitrogens is 1. The molecule has 0 saturated heterocycles. The van der Waals surface area contributed by atoms with E-state index in [1.165, 1.54) is 16.3 Å². The van der Waals surface area contributed by atoms with Crippen molar-refractivity contribution in [3.63, 3.8) is 0 Å². The highest BCUT2D eigenvalue weighted by molar-refractivity contribution is 7.99. The van der Waals surface area contributed by atoms with Crippen LogP contribution >= 0.6 is 11.8 Å². The first-order valence-corrected chi connectivity index (χ1v) is 6.36. The molecule has 8 nitrogen and oxygen atoms in total. The number of nitrogen functional groups attached to an aromatic ring is 1. The number of hydrogen-bond acceptors (Lipinski definition) is 7. The Labute approximate surface area is 110 Å². The van der Waals surface area contributed by atoms with Gasteiger partial charge in [-0.1, -0.05) is 0 Å². The van der Waals surface area contributed by atoms with E-state index in [0.717, 1.165) is 4.90 Å². The number of nitrogens with one attached hydrogen (secondary N) is 1. The normalized spacial score (nSPS) is 11.2. The van der Waals surface area contributed by atoms with Crippen LogP contribution in [0.4, 0.5) is 5.69 Å². The third-order valence-electron chi connectivity index (χ3n) is 2.65. The Morgan fingerprint density at radius 3 is 3.00 bits per heavy atom. The average Bonchev–Trinajstić information content (AvgIpc) is 3.00. The number of fused-ring (bicyclic) bond motifs is 1. The highest BCUT2D eigenvalue weighted by Crippen LogP contribution is 2.32. The van der Waals surface area contributed by atoms with Crippen molar-refractivity contribution in [3.8, 4) is 0 Å². The maximum absolute atomic E-state index is 11.5. The van der Waals surface area contributed by atoms with Gasteiger partial charge in [0.25, 0.3) is 0 Å². The van der Waals surface area contributed by atoms with Crippen molar-refractivity contribution in [3.05, 3.63) is 22.6 Å². The topological polar surface area (TPSA) is 116 Å². The second-order valence-corrected chi connectivity index (χ2v) is 4.78. The van der Waals surface area contributed by atoms with Gasteiger partial charge in [0.1, 0.15) is 0 Å². The molecular formula is C10H10N6O2S. The Bertz CT molecular complexity index is 789. The predicted molar refractivity (Wildman–Crippen MR) is 68.9 cm³/mol. The molecule has 3 N–H and O–H groups in total. The van der Waals surface area contributed by atoms with Crippen LogP contribution in [0.25, 0.3) is 11.0 Å². The van der Waals surface area contributed by atoms with E-state index in [1.807, 2.05) is 6.92 Å². The summed E-state index contributed by atoms with van der Waals surface area (Å²) in [6, 6.07) is 3.52. The van der Waals surface area contributed by atoms with Crippen LogP contribution in [-0.2, 0) is 6.54 Å². The van der Waals surface area contributed by atoms with Crippen molar-refractivity contribution in [2.75, 3.05) is 5.73 Å². The van der Waals surface area contributed by atoms with Crippen LogP contribution in [0.2, 0.25) is 0 Å². The van der Waals surface area contributed by atoms with E-state index in [4.69, 9.17) is 10.4 Å². The number of aromatic nitrogens is 5. The van der Waals surface area contributed by atoms with Crippen molar-refractivity contribution in [2.45, 2.75) is 23.5 Å². The van der Waals surface area contributed by atoms with Crippen LogP contribution in [0.3, 0.4) is 0 Å². The zero-order valence-electron chi connectivity index (χ0n) is 9.95. The summed E-state index contributed by atoms with van der Waals surface area (Å²) in [6.07, 6.45) is 0. The molecule has 1 aromatic carbocycles. The smallest absolute Gasteiger partial charge is 0.343 e. The molecule has 19 heavy (non-hydrogen) atoms. The molecule has 0 bridgehead atoms. The van der Waals surface area contributed by atoms with Crippen LogP contribution in [0, 0.1) is 0 Å². The number of nitrogens with zero attached hydrogens (tertiary/aromatic N) is 4. The number of aromatic amines is 1. The Morgan fingerprint density at radius 2 is 2.21 bits per heavy atom. The summed E-state index contributed by atoms with van der Waals surface area (Å²) in [5.74, 6) is 0. The summed E-state index contributed by atoms with van der Waals surface area (Å²) in [6.45, 7) is 2.41. The third kappa shape index (κ3) is 1.87. The van der Waals surface area contributed by atoms with Crippen LogP contribution < -0.4 is 11.4 Å². The lowest BCUT2D eigenvalue weighted by Gasteiger charge is -2.02. The lowest BCUT2D eigenvalue weighted by molar-refractivity contribution is 0.315. The number of rotatable bonds is 3. The molecule has 0 aliphatic rings. The molecule has 0 atom stereocenters. The van der Waals surface area contributed by atoms with Crippen molar-refractivity contribution in [2.24, 2.45) is 0 Å². The molecule has 3 rings (SSSR count). The molecule has 0 unspecified atom stereocenters. The van der Waals surface area contributed by atoms with Crippen molar-refractivity contribution >= 4 is 28.5 Å². The number of anilines is 1. The average molecular weight is 278 g/mol. The number of hydrogen-bond donors (Lipinski definition) is 2. The summed E-state index contributed by atoms with van der Waals surface area (Å²) in [5.41, 5.74) is 7.09. The fraction of sp³-hybridized carbons (Fsp3) is 0.200. The van der Waals surface area contributed by atoms with E-state index in [9.17, 15) is 4.79 Å². The van der Waals surface area contributed by atoms with Gasteiger partial charge in [-0.05, 0) is 41.1 Å². The summed E-state index contributed by atoms with van der Waals surface area (Å²) < 4.78 is 6.22. The second-order valence-electron chi connectivity index (χ2n) is 3.77. The lowest BCUT2D eigenvalue weighted by Crippen LogP contribution is -2.15. The molecule has 0 saturated carbocycles. The summed E-state index contributed by atoms with van der Waals surface area (Å²) in [7, 11) is 0. The number of nitrogens with two attached hydrogens (primary N) is 1. The number of benzene rings is 1. The summed E-state index contributed by atoms with van der Waals surface area (Å²) in [4.78, 5) is 12.3. The van der Waals surface area contributed by atoms with Crippen LogP contribution in [0.1, 0.15) is 6.92 Å². The molecule has 3 aromatic rings. The first-order chi connectivity index (χ1) is 9.20. The Balaban J connectivity index is 2.08. The van der Waals surface area contributed by atoms with Gasteiger partial charge in [-0.2, -0.15) is 0 Å². The van der Waals surface area contributed by atoms with E-state index in [0.29, 0.717) is 28.4 Å². The van der Waals surface area contributed by atoms with Gasteiger partial charge < -0.3 is 5.73 Å². The van der Waals surface area contributed by atoms with Gasteiger partial charge in [-0.25, -0.2) is 14.5 Å². The van der Waals surface area contributed by atoms with E-state index >= 15 is 0 Å². The van der Waals surface area contributed by atoms with E-state index in [-0.39, 0.29) is 5.69 Å². The van der Waals surface area contributed by atoms with Crippen LogP contribution in [0.5, 0.6) is 0 Å². The molecule has 0 amide bonds. The Kier molecular flexibility index (Phi) is 2.75. The minimum Gasteiger partial charge on any atom is -0.397 e. The van der Waals surface area contributed by atoms with Crippen molar-refractivity contribution in [1.82, 2.24) is 25.1 Å². The maximum Gasteiger partial charge on any atom is 0.343 e. The molecule has 0 aliphatic carbocycles. The first-order valence-electron chi connectivity index (χ1n) is 5.54. The zero-order chi connectivity index (χ0) is 13.4. The van der Waals surface area contributed by atoms with Crippen LogP contribution in [-0.4, -0.2) is 25.1 Å². The van der Waals surface area contributed by atoms with Gasteiger partial charge in [-0.15, -0.1) is 5.10 Å². The lowest BCUT2D eigenvalue weighted by atomic mass is 10.3. The standard InChI is InChI=1S/C10H10N6O2S/c1-2-16-9(17)12-13-10(16)19-6-4-3-5(11)7-8(6)15-18-14-7/h3-4H,2,11H2,1H3,(H,12,17). The fourth-order valence-electron chi connectivity index (χ4n) is 1.70.